The molecule has 170 valence electrons. The van der Waals surface area contributed by atoms with Gasteiger partial charge < -0.3 is 15.4 Å². The molecule has 0 spiro atoms. The highest BCUT2D eigenvalue weighted by Gasteiger charge is 2.26. The first kappa shape index (κ1) is 21.6. The Morgan fingerprint density at radius 3 is 2.59 bits per heavy atom. The minimum Gasteiger partial charge on any atom is -0.457 e. The van der Waals surface area contributed by atoms with Gasteiger partial charge in [0.25, 0.3) is 0 Å². The normalized spacial score (nSPS) is 15.8. The number of piperidine rings is 1. The van der Waals surface area contributed by atoms with Crippen LogP contribution in [0.25, 0.3) is 22.0 Å². The minimum absolute atomic E-state index is 0.0340. The number of rotatable bonds is 5. The van der Waals surface area contributed by atoms with Crippen molar-refractivity contribution in [2.24, 2.45) is 0 Å². The molecule has 2 heterocycles. The Bertz CT molecular complexity index is 1340. The van der Waals surface area contributed by atoms with Crippen molar-refractivity contribution >= 4 is 22.8 Å². The van der Waals surface area contributed by atoms with Gasteiger partial charge in [0.2, 0.25) is 11.9 Å². The lowest BCUT2D eigenvalue weighted by Crippen LogP contribution is -2.38. The smallest absolute Gasteiger partial charge is 0.245 e. The monoisotopic (exact) mass is 450 g/mol. The molecule has 1 aromatic heterocycles. The fourth-order valence-corrected chi connectivity index (χ4v) is 4.56. The number of nitrogen functional groups attached to an aromatic ring is 1. The van der Waals surface area contributed by atoms with Gasteiger partial charge in [-0.3, -0.25) is 4.79 Å². The fraction of sp³-hybridized carbons (Fsp3) is 0.179. The molecular weight excluding hydrogens is 424 g/mol. The van der Waals surface area contributed by atoms with Crippen LogP contribution in [0.3, 0.4) is 0 Å². The zero-order chi connectivity index (χ0) is 23.5. The fourth-order valence-electron chi connectivity index (χ4n) is 4.56. The van der Waals surface area contributed by atoms with Crippen molar-refractivity contribution in [1.82, 2.24) is 14.9 Å². The van der Waals surface area contributed by atoms with Crippen LogP contribution in [0.5, 0.6) is 11.5 Å². The molecule has 4 aromatic rings. The number of carbonyl (C=O) groups is 1. The predicted molar refractivity (Wildman–Crippen MR) is 135 cm³/mol. The van der Waals surface area contributed by atoms with E-state index in [-0.39, 0.29) is 17.8 Å². The van der Waals surface area contributed by atoms with Crippen LogP contribution in [0, 0.1) is 0 Å². The average molecular weight is 451 g/mol. The van der Waals surface area contributed by atoms with Crippen LogP contribution in [-0.2, 0) is 4.79 Å². The Morgan fingerprint density at radius 2 is 1.82 bits per heavy atom. The summed E-state index contributed by atoms with van der Waals surface area (Å²) >= 11 is 0. The number of nitrogens with two attached hydrogens (primary N) is 1. The molecule has 0 bridgehead atoms. The summed E-state index contributed by atoms with van der Waals surface area (Å²) in [5, 5.41) is 0.929. The largest absolute Gasteiger partial charge is 0.457 e. The Morgan fingerprint density at radius 1 is 1.06 bits per heavy atom. The molecule has 1 unspecified atom stereocenters. The highest BCUT2D eigenvalue weighted by atomic mass is 16.5. The summed E-state index contributed by atoms with van der Waals surface area (Å²) in [4.78, 5) is 22.9. The summed E-state index contributed by atoms with van der Waals surface area (Å²) in [6.45, 7) is 5.03. The average Bonchev–Trinajstić information content (AvgIpc) is 2.89. The molecule has 0 saturated carbocycles. The number of anilines is 1. The van der Waals surface area contributed by atoms with E-state index in [0.29, 0.717) is 6.54 Å². The predicted octanol–water partition coefficient (Wildman–Crippen LogP) is 5.56. The van der Waals surface area contributed by atoms with Crippen molar-refractivity contribution < 1.29 is 9.53 Å². The first-order valence-electron chi connectivity index (χ1n) is 11.4. The number of hydrogen-bond acceptors (Lipinski definition) is 5. The van der Waals surface area contributed by atoms with Crippen molar-refractivity contribution in [3.63, 3.8) is 0 Å². The molecule has 0 radical (unpaired) electrons. The van der Waals surface area contributed by atoms with E-state index in [1.807, 2.05) is 47.4 Å². The first-order chi connectivity index (χ1) is 16.6. The van der Waals surface area contributed by atoms with E-state index in [2.05, 4.69) is 40.8 Å². The lowest BCUT2D eigenvalue weighted by Gasteiger charge is -2.33. The van der Waals surface area contributed by atoms with Crippen LogP contribution in [0.4, 0.5) is 5.95 Å². The van der Waals surface area contributed by atoms with Gasteiger partial charge in [0.05, 0.1) is 5.52 Å². The van der Waals surface area contributed by atoms with Gasteiger partial charge in [0.15, 0.2) is 0 Å². The maximum atomic E-state index is 12.3. The van der Waals surface area contributed by atoms with Crippen molar-refractivity contribution in [1.29, 1.82) is 0 Å². The van der Waals surface area contributed by atoms with Crippen molar-refractivity contribution in [2.75, 3.05) is 18.8 Å². The van der Waals surface area contributed by atoms with Crippen LogP contribution in [0.2, 0.25) is 0 Å². The molecule has 1 aliphatic rings. The highest BCUT2D eigenvalue weighted by molar-refractivity contribution is 5.89. The summed E-state index contributed by atoms with van der Waals surface area (Å²) in [6, 6.07) is 22.0. The number of likely N-dealkylation sites (tertiary alicyclic amines) is 1. The lowest BCUT2D eigenvalue weighted by atomic mass is 9.87. The number of fused-ring (bicyclic) bond motifs is 1. The summed E-state index contributed by atoms with van der Waals surface area (Å²) in [5.74, 6) is 1.95. The Kier molecular flexibility index (Phi) is 5.95. The molecule has 0 aliphatic carbocycles. The Balaban J connectivity index is 1.50. The summed E-state index contributed by atoms with van der Waals surface area (Å²) in [6.07, 6.45) is 5.07. The summed E-state index contributed by atoms with van der Waals surface area (Å²) < 4.78 is 5.94. The molecule has 34 heavy (non-hydrogen) atoms. The van der Waals surface area contributed by atoms with Crippen LogP contribution in [0.1, 0.15) is 24.3 Å². The lowest BCUT2D eigenvalue weighted by molar-refractivity contribution is -0.127. The third-order valence-electron chi connectivity index (χ3n) is 6.25. The molecule has 1 saturated heterocycles. The van der Waals surface area contributed by atoms with Crippen LogP contribution < -0.4 is 10.5 Å². The second-order valence-electron chi connectivity index (χ2n) is 8.50. The van der Waals surface area contributed by atoms with E-state index in [0.717, 1.165) is 58.5 Å². The van der Waals surface area contributed by atoms with Crippen molar-refractivity contribution in [3.8, 4) is 22.6 Å². The number of carbonyl (C=O) groups excluding carboxylic acids is 1. The van der Waals surface area contributed by atoms with Gasteiger partial charge in [-0.25, -0.2) is 9.97 Å². The Hall–Kier alpha value is -4.19. The Labute approximate surface area is 198 Å². The third-order valence-corrected chi connectivity index (χ3v) is 6.25. The number of para-hydroxylation sites is 1. The van der Waals surface area contributed by atoms with E-state index in [1.165, 1.54) is 6.08 Å². The SMILES string of the molecule is C=CC(=O)N1CCCC(c2cc(-c3ccc(Oc4ccccc4)cc3)cc3cnc(N)nc23)C1. The first-order valence-corrected chi connectivity index (χ1v) is 11.4. The number of amides is 1. The molecule has 1 fully saturated rings. The number of hydrogen-bond donors (Lipinski definition) is 1. The molecular formula is C28H26N4O2. The van der Waals surface area contributed by atoms with Gasteiger partial charge in [-0.1, -0.05) is 36.9 Å². The van der Waals surface area contributed by atoms with E-state index < -0.39 is 0 Å². The molecule has 1 atom stereocenters. The second kappa shape index (κ2) is 9.35. The van der Waals surface area contributed by atoms with Gasteiger partial charge in [0, 0.05) is 30.6 Å². The van der Waals surface area contributed by atoms with Gasteiger partial charge in [-0.15, -0.1) is 0 Å². The molecule has 5 rings (SSSR count). The van der Waals surface area contributed by atoms with Gasteiger partial charge >= 0.3 is 0 Å². The number of aromatic nitrogens is 2. The van der Waals surface area contributed by atoms with E-state index in [4.69, 9.17) is 10.5 Å². The minimum atomic E-state index is -0.0340. The molecule has 3 aromatic carbocycles. The third kappa shape index (κ3) is 4.48. The molecule has 2 N–H and O–H groups in total. The number of nitrogens with zero attached hydrogens (tertiary/aromatic N) is 3. The molecule has 1 aliphatic heterocycles. The van der Waals surface area contributed by atoms with E-state index in [9.17, 15) is 4.79 Å². The van der Waals surface area contributed by atoms with Crippen LogP contribution in [-0.4, -0.2) is 33.9 Å². The number of ether oxygens (including phenoxy) is 1. The molecule has 6 nitrogen and oxygen atoms in total. The van der Waals surface area contributed by atoms with E-state index in [1.54, 1.807) is 6.20 Å². The molecule has 1 amide bonds. The topological polar surface area (TPSA) is 81.3 Å². The maximum Gasteiger partial charge on any atom is 0.245 e. The summed E-state index contributed by atoms with van der Waals surface area (Å²) in [7, 11) is 0. The molecule has 6 heteroatoms. The van der Waals surface area contributed by atoms with E-state index >= 15 is 0 Å². The van der Waals surface area contributed by atoms with Gasteiger partial charge in [-0.05, 0) is 72.0 Å². The second-order valence-corrected chi connectivity index (χ2v) is 8.50. The number of benzene rings is 3. The zero-order valence-electron chi connectivity index (χ0n) is 18.9. The van der Waals surface area contributed by atoms with Gasteiger partial charge in [0.1, 0.15) is 11.5 Å². The van der Waals surface area contributed by atoms with Crippen molar-refractivity contribution in [2.45, 2.75) is 18.8 Å². The highest BCUT2D eigenvalue weighted by Crippen LogP contribution is 2.36. The van der Waals surface area contributed by atoms with Crippen LogP contribution >= 0.6 is 0 Å². The van der Waals surface area contributed by atoms with Crippen molar-refractivity contribution in [3.05, 3.63) is 91.1 Å². The van der Waals surface area contributed by atoms with Gasteiger partial charge in [-0.2, -0.15) is 0 Å². The summed E-state index contributed by atoms with van der Waals surface area (Å²) in [5.41, 5.74) is 10.00. The standard InChI is InChI=1S/C28H26N4O2/c1-2-26(33)32-14-6-7-20(18-32)25-16-21(15-22-17-30-28(29)31-27(22)25)19-10-12-24(13-11-19)34-23-8-4-3-5-9-23/h2-5,8-13,15-17,20H,1,6-7,14,18H2,(H2,29,30,31). The van der Waals surface area contributed by atoms with Crippen LogP contribution in [0.15, 0.2) is 85.6 Å². The zero-order valence-corrected chi connectivity index (χ0v) is 18.9. The maximum absolute atomic E-state index is 12.3. The quantitative estimate of drug-likeness (QED) is 0.403.